The van der Waals surface area contributed by atoms with Crippen LogP contribution in [-0.4, -0.2) is 54.7 Å². The fourth-order valence-corrected chi connectivity index (χ4v) is 5.88. The number of pyridine rings is 1. The number of nitrogen functional groups attached to an aromatic ring is 1. The number of anilines is 2. The van der Waals surface area contributed by atoms with E-state index in [-0.39, 0.29) is 41.3 Å². The Balaban J connectivity index is 1.34. The number of piperidine rings is 1. The van der Waals surface area contributed by atoms with Gasteiger partial charge >= 0.3 is 6.36 Å². The molecule has 39 heavy (non-hydrogen) atoms. The molecular weight excluding hydrogens is 583 g/mol. The van der Waals surface area contributed by atoms with E-state index in [4.69, 9.17) is 5.73 Å². The Morgan fingerprint density at radius 2 is 2.03 bits per heavy atom. The third-order valence-corrected chi connectivity index (χ3v) is 7.80. The summed E-state index contributed by atoms with van der Waals surface area (Å²) in [6.45, 7) is 1.83. The fraction of sp³-hybridized carbons (Fsp3) is 0.320. The van der Waals surface area contributed by atoms with Crippen molar-refractivity contribution in [3.05, 3.63) is 47.3 Å². The number of fused-ring (bicyclic) bond motifs is 4. The lowest BCUT2D eigenvalue weighted by atomic mass is 10.0. The van der Waals surface area contributed by atoms with Crippen LogP contribution in [0, 0.1) is 5.41 Å². The van der Waals surface area contributed by atoms with Crippen LogP contribution >= 0.6 is 15.9 Å². The van der Waals surface area contributed by atoms with Gasteiger partial charge in [-0.15, -0.1) is 13.2 Å². The zero-order valence-corrected chi connectivity index (χ0v) is 22.0. The molecule has 2 aliphatic rings. The summed E-state index contributed by atoms with van der Waals surface area (Å²) < 4.78 is 44.8. The number of alkyl halides is 3. The number of amides is 2. The first-order chi connectivity index (χ1) is 18.4. The van der Waals surface area contributed by atoms with Gasteiger partial charge in [0.15, 0.2) is 0 Å². The van der Waals surface area contributed by atoms with Gasteiger partial charge in [-0.25, -0.2) is 15.0 Å². The maximum Gasteiger partial charge on any atom is 0.573 e. The van der Waals surface area contributed by atoms with Gasteiger partial charge in [-0.05, 0) is 64.5 Å². The molecule has 3 atom stereocenters. The molecule has 4 heterocycles. The monoisotopic (exact) mass is 603 g/mol. The fourth-order valence-electron chi connectivity index (χ4n) is 5.54. The Hall–Kier alpha value is -3.94. The molecular formula is C25H21BrF3N7O3. The molecule has 202 valence electrons. The van der Waals surface area contributed by atoms with Crippen LogP contribution in [0.2, 0.25) is 0 Å². The van der Waals surface area contributed by atoms with Crippen molar-refractivity contribution in [1.29, 1.82) is 0 Å². The van der Waals surface area contributed by atoms with Gasteiger partial charge in [0.2, 0.25) is 11.8 Å². The number of carbonyl (C=O) groups is 2. The largest absolute Gasteiger partial charge is 0.573 e. The average Bonchev–Trinajstić information content (AvgIpc) is 3.26. The van der Waals surface area contributed by atoms with Gasteiger partial charge in [-0.1, -0.05) is 13.0 Å². The molecule has 3 aromatic heterocycles. The molecule has 0 unspecified atom stereocenters. The number of likely N-dealkylation sites (tertiary alicyclic amines) is 1. The second-order valence-corrected chi connectivity index (χ2v) is 10.8. The highest BCUT2D eigenvalue weighted by atomic mass is 79.9. The summed E-state index contributed by atoms with van der Waals surface area (Å²) in [5.74, 6) is -0.691. The molecule has 4 aromatic rings. The van der Waals surface area contributed by atoms with Crippen molar-refractivity contribution in [3.8, 4) is 5.75 Å². The lowest BCUT2D eigenvalue weighted by molar-refractivity contribution is -0.274. The number of halogens is 4. The Bertz CT molecular complexity index is 1660. The number of nitrogens with one attached hydrogen (secondary N) is 1. The minimum absolute atomic E-state index is 0.0510. The van der Waals surface area contributed by atoms with E-state index in [9.17, 15) is 22.8 Å². The first kappa shape index (κ1) is 25.3. The number of aromatic nitrogens is 4. The normalized spacial score (nSPS) is 22.2. The topological polar surface area (TPSA) is 128 Å². The second kappa shape index (κ2) is 8.79. The summed E-state index contributed by atoms with van der Waals surface area (Å²) >= 11 is 3.28. The predicted molar refractivity (Wildman–Crippen MR) is 138 cm³/mol. The van der Waals surface area contributed by atoms with Gasteiger partial charge < -0.3 is 25.3 Å². The average molecular weight is 604 g/mol. The van der Waals surface area contributed by atoms with Crippen molar-refractivity contribution in [2.24, 2.45) is 5.41 Å². The van der Waals surface area contributed by atoms with E-state index in [1.807, 2.05) is 6.92 Å². The molecule has 0 spiro atoms. The van der Waals surface area contributed by atoms with Crippen LogP contribution in [0.5, 0.6) is 5.75 Å². The molecule has 1 saturated carbocycles. The molecule has 1 aliphatic carbocycles. The molecule has 14 heteroatoms. The molecule has 1 aromatic carbocycles. The zero-order chi connectivity index (χ0) is 27.7. The molecule has 3 N–H and O–H groups in total. The molecule has 1 saturated heterocycles. The molecule has 0 bridgehead atoms. The van der Waals surface area contributed by atoms with Crippen LogP contribution in [0.25, 0.3) is 21.9 Å². The minimum atomic E-state index is -4.88. The summed E-state index contributed by atoms with van der Waals surface area (Å²) in [5, 5.41) is 3.41. The number of nitrogens with zero attached hydrogens (tertiary/aromatic N) is 5. The summed E-state index contributed by atoms with van der Waals surface area (Å²) in [7, 11) is 0. The second-order valence-electron chi connectivity index (χ2n) is 10.0. The van der Waals surface area contributed by atoms with Crippen molar-refractivity contribution in [3.63, 3.8) is 0 Å². The van der Waals surface area contributed by atoms with Gasteiger partial charge in [0.1, 0.15) is 46.5 Å². The first-order valence-corrected chi connectivity index (χ1v) is 12.8. The summed E-state index contributed by atoms with van der Waals surface area (Å²) in [4.78, 5) is 41.1. The number of nitrogens with two attached hydrogens (primary N) is 1. The van der Waals surface area contributed by atoms with Crippen LogP contribution in [0.1, 0.15) is 19.8 Å². The van der Waals surface area contributed by atoms with Crippen molar-refractivity contribution in [1.82, 2.24) is 24.4 Å². The number of rotatable bonds is 5. The quantitative estimate of drug-likeness (QED) is 0.326. The lowest BCUT2D eigenvalue weighted by Crippen LogP contribution is -2.46. The molecule has 2 amide bonds. The van der Waals surface area contributed by atoms with E-state index in [1.54, 1.807) is 27.7 Å². The standard InChI is InChI=1S/C25H21BrF3N7O3/c1-24-8-15(23(38)34-18-4-2-3-17(26)33-18)36(16(24)9-24)19(37)10-35-14-6-5-12(39-25(27,28)29)7-13(14)20-21(30)31-11-32-22(20)35/h2-7,11,15-16H,8-10H2,1H3,(H2,30,31,32)(H,33,34,38)/t15-,16+,24-/m0/s1. The molecule has 0 radical (unpaired) electrons. The van der Waals surface area contributed by atoms with E-state index in [0.29, 0.717) is 33.1 Å². The number of carbonyl (C=O) groups excluding carboxylic acids is 2. The Morgan fingerprint density at radius 3 is 2.77 bits per heavy atom. The van der Waals surface area contributed by atoms with Crippen molar-refractivity contribution >= 4 is 61.3 Å². The van der Waals surface area contributed by atoms with Crippen LogP contribution < -0.4 is 15.8 Å². The SMILES string of the molecule is C[C@@]12C[C@@H](C(=O)Nc3cccc(Br)n3)N(C(=O)Cn3c4ccc(OC(F)(F)F)cc4c4c(N)ncnc43)[C@@H]1C2. The Morgan fingerprint density at radius 1 is 1.23 bits per heavy atom. The summed E-state index contributed by atoms with van der Waals surface area (Å²) in [6.07, 6.45) is -2.38. The number of hydrogen-bond acceptors (Lipinski definition) is 7. The molecule has 10 nitrogen and oxygen atoms in total. The Kier molecular flexibility index (Phi) is 5.72. The van der Waals surface area contributed by atoms with Crippen LogP contribution in [0.4, 0.5) is 24.8 Å². The highest BCUT2D eigenvalue weighted by Crippen LogP contribution is 2.59. The van der Waals surface area contributed by atoms with Crippen LogP contribution in [0.3, 0.4) is 0 Å². The van der Waals surface area contributed by atoms with Crippen molar-refractivity contribution < 1.29 is 27.5 Å². The highest BCUT2D eigenvalue weighted by Gasteiger charge is 2.64. The third kappa shape index (κ3) is 4.51. The van der Waals surface area contributed by atoms with E-state index in [1.165, 1.54) is 18.5 Å². The van der Waals surface area contributed by atoms with E-state index in [0.717, 1.165) is 12.5 Å². The first-order valence-electron chi connectivity index (χ1n) is 12.0. The van der Waals surface area contributed by atoms with Gasteiger partial charge in [-0.3, -0.25) is 9.59 Å². The predicted octanol–water partition coefficient (Wildman–Crippen LogP) is 4.24. The van der Waals surface area contributed by atoms with Crippen LogP contribution in [-0.2, 0) is 16.1 Å². The maximum atomic E-state index is 13.8. The van der Waals surface area contributed by atoms with E-state index >= 15 is 0 Å². The van der Waals surface area contributed by atoms with E-state index < -0.39 is 18.2 Å². The molecule has 6 rings (SSSR count). The van der Waals surface area contributed by atoms with Gasteiger partial charge in [-0.2, -0.15) is 0 Å². The summed E-state index contributed by atoms with van der Waals surface area (Å²) in [6, 6.07) is 8.10. The smallest absolute Gasteiger partial charge is 0.406 e. The van der Waals surface area contributed by atoms with Crippen molar-refractivity contribution in [2.45, 2.75) is 44.8 Å². The molecule has 1 aliphatic heterocycles. The lowest BCUT2D eigenvalue weighted by Gasteiger charge is -2.27. The minimum Gasteiger partial charge on any atom is -0.406 e. The zero-order valence-electron chi connectivity index (χ0n) is 20.4. The highest BCUT2D eigenvalue weighted by molar-refractivity contribution is 9.10. The van der Waals surface area contributed by atoms with E-state index in [2.05, 4.69) is 40.9 Å². The van der Waals surface area contributed by atoms with Crippen molar-refractivity contribution in [2.75, 3.05) is 11.1 Å². The number of hydrogen-bond donors (Lipinski definition) is 2. The van der Waals surface area contributed by atoms with Gasteiger partial charge in [0.05, 0.1) is 10.9 Å². The maximum absolute atomic E-state index is 13.8. The summed E-state index contributed by atoms with van der Waals surface area (Å²) in [5.41, 5.74) is 6.62. The number of ether oxygens (including phenoxy) is 1. The Labute approximate surface area is 227 Å². The molecule has 2 fully saturated rings. The third-order valence-electron chi connectivity index (χ3n) is 7.36. The van der Waals surface area contributed by atoms with Gasteiger partial charge in [0.25, 0.3) is 0 Å². The van der Waals surface area contributed by atoms with Crippen LogP contribution in [0.15, 0.2) is 47.3 Å². The van der Waals surface area contributed by atoms with Gasteiger partial charge in [0, 0.05) is 11.4 Å². The number of benzene rings is 1.